The first-order chi connectivity index (χ1) is 6.77. The van der Waals surface area contributed by atoms with E-state index in [2.05, 4.69) is 23.2 Å². The van der Waals surface area contributed by atoms with E-state index in [1.165, 1.54) is 16.3 Å². The summed E-state index contributed by atoms with van der Waals surface area (Å²) in [6.07, 6.45) is 3.90. The fourth-order valence-corrected chi connectivity index (χ4v) is 2.86. The minimum Gasteiger partial charge on any atom is -0.330 e. The molecule has 2 aromatic heterocycles. The maximum Gasteiger partial charge on any atom is 0.194 e. The minimum atomic E-state index is 0.686. The average molecular weight is 209 g/mol. The molecule has 0 unspecified atom stereocenters. The van der Waals surface area contributed by atoms with Gasteiger partial charge in [-0.1, -0.05) is 6.92 Å². The van der Waals surface area contributed by atoms with Crippen LogP contribution in [-0.2, 0) is 12.8 Å². The molecule has 14 heavy (non-hydrogen) atoms. The maximum absolute atomic E-state index is 5.57. The van der Waals surface area contributed by atoms with Crippen LogP contribution in [0, 0.1) is 6.92 Å². The summed E-state index contributed by atoms with van der Waals surface area (Å²) >= 11 is 1.76. The van der Waals surface area contributed by atoms with Gasteiger partial charge in [-0.15, -0.1) is 11.3 Å². The minimum absolute atomic E-state index is 0.686. The largest absolute Gasteiger partial charge is 0.330 e. The molecule has 2 aromatic rings. The lowest BCUT2D eigenvalue weighted by Crippen LogP contribution is -2.06. The fourth-order valence-electron chi connectivity index (χ4n) is 1.81. The van der Waals surface area contributed by atoms with Gasteiger partial charge in [-0.05, 0) is 19.9 Å². The number of hydrogen-bond donors (Lipinski definition) is 1. The highest BCUT2D eigenvalue weighted by Gasteiger charge is 2.11. The first-order valence-electron chi connectivity index (χ1n) is 4.92. The average Bonchev–Trinajstić information content (AvgIpc) is 2.66. The van der Waals surface area contributed by atoms with E-state index < -0.39 is 0 Å². The van der Waals surface area contributed by atoms with Crippen molar-refractivity contribution in [1.29, 1.82) is 0 Å². The molecule has 0 spiro atoms. The third-order valence-corrected chi connectivity index (χ3v) is 3.47. The number of aromatic nitrogens is 2. The zero-order valence-corrected chi connectivity index (χ0v) is 9.40. The van der Waals surface area contributed by atoms with Gasteiger partial charge in [0, 0.05) is 22.7 Å². The lowest BCUT2D eigenvalue weighted by molar-refractivity contribution is 0.871. The topological polar surface area (TPSA) is 43.3 Å². The predicted molar refractivity (Wildman–Crippen MR) is 59.9 cm³/mol. The van der Waals surface area contributed by atoms with Gasteiger partial charge in [0.2, 0.25) is 0 Å². The zero-order chi connectivity index (χ0) is 10.1. The number of nitrogens with two attached hydrogens (primary N) is 1. The van der Waals surface area contributed by atoms with E-state index in [0.717, 1.165) is 17.8 Å². The number of imidazole rings is 1. The number of rotatable bonds is 3. The Kier molecular flexibility index (Phi) is 2.56. The standard InChI is InChI=1S/C10H15N3S/c1-3-9-7(2)14-10-12-6-8(4-5-11)13(9)10/h6H,3-5,11H2,1-2H3. The van der Waals surface area contributed by atoms with Gasteiger partial charge in [0.1, 0.15) is 0 Å². The van der Waals surface area contributed by atoms with E-state index in [4.69, 9.17) is 5.73 Å². The Morgan fingerprint density at radius 2 is 2.36 bits per heavy atom. The Bertz CT molecular complexity index is 441. The maximum atomic E-state index is 5.57. The Labute approximate surface area is 87.6 Å². The second kappa shape index (κ2) is 3.71. The number of aryl methyl sites for hydroxylation is 2. The summed E-state index contributed by atoms with van der Waals surface area (Å²) in [4.78, 5) is 6.86. The smallest absolute Gasteiger partial charge is 0.194 e. The van der Waals surface area contributed by atoms with Crippen LogP contribution in [0.25, 0.3) is 4.96 Å². The van der Waals surface area contributed by atoms with Gasteiger partial charge in [0.15, 0.2) is 4.96 Å². The summed E-state index contributed by atoms with van der Waals surface area (Å²) in [6.45, 7) is 5.02. The third-order valence-electron chi connectivity index (χ3n) is 2.46. The highest BCUT2D eigenvalue weighted by atomic mass is 32.1. The zero-order valence-electron chi connectivity index (χ0n) is 8.58. The van der Waals surface area contributed by atoms with Crippen molar-refractivity contribution in [2.45, 2.75) is 26.7 Å². The molecule has 0 radical (unpaired) electrons. The van der Waals surface area contributed by atoms with Crippen molar-refractivity contribution in [2.24, 2.45) is 5.73 Å². The van der Waals surface area contributed by atoms with Crippen molar-refractivity contribution < 1.29 is 0 Å². The highest BCUT2D eigenvalue weighted by Crippen LogP contribution is 2.23. The summed E-state index contributed by atoms with van der Waals surface area (Å²) in [5.41, 5.74) is 8.19. The number of fused-ring (bicyclic) bond motifs is 1. The van der Waals surface area contributed by atoms with E-state index in [9.17, 15) is 0 Å². The molecule has 0 amide bonds. The molecule has 0 bridgehead atoms. The summed E-state index contributed by atoms with van der Waals surface area (Å²) in [5.74, 6) is 0. The molecular formula is C10H15N3S. The molecule has 2 N–H and O–H groups in total. The molecule has 76 valence electrons. The van der Waals surface area contributed by atoms with E-state index in [1.807, 2.05) is 6.20 Å². The van der Waals surface area contributed by atoms with Gasteiger partial charge in [-0.3, -0.25) is 4.40 Å². The van der Waals surface area contributed by atoms with E-state index in [-0.39, 0.29) is 0 Å². The van der Waals surface area contributed by atoms with Crippen LogP contribution < -0.4 is 5.73 Å². The van der Waals surface area contributed by atoms with Crippen LogP contribution in [0.3, 0.4) is 0 Å². The second-order valence-electron chi connectivity index (χ2n) is 3.36. The Hall–Kier alpha value is -0.870. The number of nitrogens with zero attached hydrogens (tertiary/aromatic N) is 2. The van der Waals surface area contributed by atoms with Crippen molar-refractivity contribution in [3.05, 3.63) is 22.5 Å². The summed E-state index contributed by atoms with van der Waals surface area (Å²) in [6, 6.07) is 0. The second-order valence-corrected chi connectivity index (χ2v) is 4.55. The van der Waals surface area contributed by atoms with Crippen molar-refractivity contribution >= 4 is 16.3 Å². The molecule has 0 fully saturated rings. The van der Waals surface area contributed by atoms with Gasteiger partial charge in [-0.2, -0.15) is 0 Å². The highest BCUT2D eigenvalue weighted by molar-refractivity contribution is 7.17. The SMILES string of the molecule is CCc1c(C)sc2ncc(CCN)n12. The Morgan fingerprint density at radius 3 is 3.00 bits per heavy atom. The van der Waals surface area contributed by atoms with Crippen LogP contribution in [0.4, 0.5) is 0 Å². The fraction of sp³-hybridized carbons (Fsp3) is 0.500. The van der Waals surface area contributed by atoms with Crippen LogP contribution >= 0.6 is 11.3 Å². The number of hydrogen-bond acceptors (Lipinski definition) is 3. The molecule has 3 nitrogen and oxygen atoms in total. The van der Waals surface area contributed by atoms with Crippen molar-refractivity contribution in [1.82, 2.24) is 9.38 Å². The van der Waals surface area contributed by atoms with Crippen molar-refractivity contribution in [2.75, 3.05) is 6.54 Å². The first-order valence-corrected chi connectivity index (χ1v) is 5.74. The molecule has 0 saturated carbocycles. The molecule has 0 aliphatic rings. The van der Waals surface area contributed by atoms with Crippen LogP contribution in [0.15, 0.2) is 6.20 Å². The molecule has 0 saturated heterocycles. The Morgan fingerprint density at radius 1 is 1.57 bits per heavy atom. The molecule has 2 heterocycles. The van der Waals surface area contributed by atoms with Crippen molar-refractivity contribution in [3.8, 4) is 0 Å². The summed E-state index contributed by atoms with van der Waals surface area (Å²) in [5, 5.41) is 0. The van der Waals surface area contributed by atoms with E-state index in [0.29, 0.717) is 6.54 Å². The summed E-state index contributed by atoms with van der Waals surface area (Å²) in [7, 11) is 0. The lowest BCUT2D eigenvalue weighted by atomic mass is 10.3. The molecule has 0 aromatic carbocycles. The molecule has 4 heteroatoms. The van der Waals surface area contributed by atoms with Crippen molar-refractivity contribution in [3.63, 3.8) is 0 Å². The Balaban J connectivity index is 2.62. The molecule has 0 aliphatic heterocycles. The monoisotopic (exact) mass is 209 g/mol. The third kappa shape index (κ3) is 1.35. The summed E-state index contributed by atoms with van der Waals surface area (Å²) < 4.78 is 2.26. The predicted octanol–water partition coefficient (Wildman–Crippen LogP) is 1.77. The van der Waals surface area contributed by atoms with Crippen LogP contribution in [-0.4, -0.2) is 15.9 Å². The van der Waals surface area contributed by atoms with Gasteiger partial charge in [0.05, 0.1) is 6.20 Å². The molecular weight excluding hydrogens is 194 g/mol. The van der Waals surface area contributed by atoms with Crippen LogP contribution in [0.1, 0.15) is 23.2 Å². The van der Waals surface area contributed by atoms with Gasteiger partial charge in [-0.25, -0.2) is 4.98 Å². The van der Waals surface area contributed by atoms with Crippen LogP contribution in [0.5, 0.6) is 0 Å². The number of thiazole rings is 1. The lowest BCUT2D eigenvalue weighted by Gasteiger charge is -2.01. The normalized spacial score (nSPS) is 11.4. The van der Waals surface area contributed by atoms with Gasteiger partial charge < -0.3 is 5.73 Å². The van der Waals surface area contributed by atoms with Gasteiger partial charge >= 0.3 is 0 Å². The molecule has 0 aliphatic carbocycles. The van der Waals surface area contributed by atoms with E-state index in [1.54, 1.807) is 11.3 Å². The first kappa shape index (κ1) is 9.68. The molecule has 0 atom stereocenters. The van der Waals surface area contributed by atoms with Crippen LogP contribution in [0.2, 0.25) is 0 Å². The van der Waals surface area contributed by atoms with Gasteiger partial charge in [0.25, 0.3) is 0 Å². The quantitative estimate of drug-likeness (QED) is 0.837. The van der Waals surface area contributed by atoms with E-state index >= 15 is 0 Å². The molecule has 2 rings (SSSR count).